The Labute approximate surface area is 181 Å². The topological polar surface area (TPSA) is 88.6 Å². The van der Waals surface area contributed by atoms with E-state index in [0.29, 0.717) is 41.3 Å². The van der Waals surface area contributed by atoms with Crippen LogP contribution in [-0.2, 0) is 14.8 Å². The third-order valence-electron chi connectivity index (χ3n) is 4.27. The fraction of sp³-hybridized carbons (Fsp3) is 0.222. The second kappa shape index (κ2) is 8.50. The lowest BCUT2D eigenvalue weighted by atomic mass is 10.2. The van der Waals surface area contributed by atoms with Crippen molar-refractivity contribution in [2.45, 2.75) is 4.90 Å². The van der Waals surface area contributed by atoms with E-state index >= 15 is 0 Å². The summed E-state index contributed by atoms with van der Waals surface area (Å²) in [6, 6.07) is 9.56. The van der Waals surface area contributed by atoms with Crippen LogP contribution in [0.2, 0.25) is 4.34 Å². The molecule has 29 heavy (non-hydrogen) atoms. The predicted molar refractivity (Wildman–Crippen MR) is 114 cm³/mol. The second-order valence-corrected chi connectivity index (χ2v) is 10.6. The molecule has 0 unspecified atom stereocenters. The standard InChI is InChI=1S/C18H16ClN3O4S3/c19-16-6-5-15(28-16)14-11-27-18(20-14)21-17(23)12-1-3-13(4-2-12)29(24,25)22-7-9-26-10-8-22/h1-6,11H,7-10H2,(H,20,21,23). The van der Waals surface area contributed by atoms with Crippen molar-refractivity contribution in [3.05, 3.63) is 51.7 Å². The fourth-order valence-electron chi connectivity index (χ4n) is 2.78. The molecule has 7 nitrogen and oxygen atoms in total. The number of benzene rings is 1. The van der Waals surface area contributed by atoms with Crippen molar-refractivity contribution in [2.75, 3.05) is 31.6 Å². The number of ether oxygens (including phenoxy) is 1. The van der Waals surface area contributed by atoms with Crippen LogP contribution in [0.1, 0.15) is 10.4 Å². The number of hydrogen-bond acceptors (Lipinski definition) is 7. The summed E-state index contributed by atoms with van der Waals surface area (Å²) in [5, 5.41) is 5.04. The van der Waals surface area contributed by atoms with Crippen molar-refractivity contribution >= 4 is 55.3 Å². The van der Waals surface area contributed by atoms with Crippen molar-refractivity contribution in [3.63, 3.8) is 0 Å². The molecule has 0 spiro atoms. The molecule has 0 saturated carbocycles. The Balaban J connectivity index is 1.45. The molecule has 1 aliphatic heterocycles. The van der Waals surface area contributed by atoms with Crippen LogP contribution in [-0.4, -0.2) is 49.9 Å². The van der Waals surface area contributed by atoms with Gasteiger partial charge in [-0.25, -0.2) is 13.4 Å². The molecule has 0 radical (unpaired) electrons. The van der Waals surface area contributed by atoms with Crippen molar-refractivity contribution in [2.24, 2.45) is 0 Å². The Bertz CT molecular complexity index is 1120. The van der Waals surface area contributed by atoms with Gasteiger partial charge in [0.25, 0.3) is 5.91 Å². The Kier molecular flexibility index (Phi) is 6.00. The van der Waals surface area contributed by atoms with Gasteiger partial charge in [-0.15, -0.1) is 22.7 Å². The molecule has 1 aliphatic rings. The summed E-state index contributed by atoms with van der Waals surface area (Å²) >= 11 is 8.67. The van der Waals surface area contributed by atoms with E-state index in [0.717, 1.165) is 10.6 Å². The van der Waals surface area contributed by atoms with Crippen LogP contribution in [0.3, 0.4) is 0 Å². The molecule has 1 aromatic carbocycles. The summed E-state index contributed by atoms with van der Waals surface area (Å²) in [5.74, 6) is -0.356. The molecule has 11 heteroatoms. The first kappa shape index (κ1) is 20.5. The molecular weight excluding hydrogens is 454 g/mol. The summed E-state index contributed by atoms with van der Waals surface area (Å²) < 4.78 is 32.6. The highest BCUT2D eigenvalue weighted by Crippen LogP contribution is 2.33. The number of sulfonamides is 1. The van der Waals surface area contributed by atoms with Gasteiger partial charge in [0.2, 0.25) is 10.0 Å². The lowest BCUT2D eigenvalue weighted by Gasteiger charge is -2.26. The average molecular weight is 470 g/mol. The van der Waals surface area contributed by atoms with Gasteiger partial charge < -0.3 is 4.74 Å². The molecule has 1 N–H and O–H groups in total. The van der Waals surface area contributed by atoms with E-state index in [2.05, 4.69) is 10.3 Å². The fourth-order valence-corrected chi connectivity index (χ4v) is 5.97. The first-order valence-corrected chi connectivity index (χ1v) is 12.2. The van der Waals surface area contributed by atoms with E-state index in [1.54, 1.807) is 6.07 Å². The summed E-state index contributed by atoms with van der Waals surface area (Å²) in [6.45, 7) is 1.42. The number of aromatic nitrogens is 1. The lowest BCUT2D eigenvalue weighted by Crippen LogP contribution is -2.40. The van der Waals surface area contributed by atoms with E-state index in [1.807, 2.05) is 11.4 Å². The third-order valence-corrected chi connectivity index (χ3v) is 8.20. The van der Waals surface area contributed by atoms with Crippen molar-refractivity contribution < 1.29 is 17.9 Å². The number of halogens is 1. The number of anilines is 1. The van der Waals surface area contributed by atoms with Gasteiger partial charge >= 0.3 is 0 Å². The first-order valence-electron chi connectivity index (χ1n) is 8.64. The maximum Gasteiger partial charge on any atom is 0.257 e. The Morgan fingerprint density at radius 1 is 1.14 bits per heavy atom. The van der Waals surface area contributed by atoms with Crippen LogP contribution in [0.15, 0.2) is 46.7 Å². The minimum atomic E-state index is -3.59. The summed E-state index contributed by atoms with van der Waals surface area (Å²) in [5.41, 5.74) is 1.09. The highest BCUT2D eigenvalue weighted by molar-refractivity contribution is 7.89. The smallest absolute Gasteiger partial charge is 0.257 e. The van der Waals surface area contributed by atoms with Gasteiger partial charge in [0, 0.05) is 24.0 Å². The minimum Gasteiger partial charge on any atom is -0.379 e. The normalized spacial score (nSPS) is 15.3. The maximum atomic E-state index is 12.7. The zero-order valence-electron chi connectivity index (χ0n) is 15.0. The van der Waals surface area contributed by atoms with Gasteiger partial charge in [-0.1, -0.05) is 11.6 Å². The van der Waals surface area contributed by atoms with Crippen molar-refractivity contribution in [1.29, 1.82) is 0 Å². The number of hydrogen-bond donors (Lipinski definition) is 1. The second-order valence-electron chi connectivity index (χ2n) is 6.14. The Morgan fingerprint density at radius 3 is 2.52 bits per heavy atom. The number of carbonyl (C=O) groups excluding carboxylic acids is 1. The number of nitrogens with zero attached hydrogens (tertiary/aromatic N) is 2. The zero-order chi connectivity index (χ0) is 20.4. The SMILES string of the molecule is O=C(Nc1nc(-c2ccc(Cl)s2)cs1)c1ccc(S(=O)(=O)N2CCOCC2)cc1. The zero-order valence-corrected chi connectivity index (χ0v) is 18.2. The molecule has 0 aliphatic carbocycles. The Hall–Kier alpha value is -1.82. The van der Waals surface area contributed by atoms with Crippen molar-refractivity contribution in [1.82, 2.24) is 9.29 Å². The van der Waals surface area contributed by atoms with Crippen LogP contribution in [0, 0.1) is 0 Å². The number of amides is 1. The van der Waals surface area contributed by atoms with Gasteiger partial charge in [-0.2, -0.15) is 4.31 Å². The van der Waals surface area contributed by atoms with E-state index < -0.39 is 10.0 Å². The molecule has 1 saturated heterocycles. The molecule has 4 rings (SSSR count). The number of nitrogens with one attached hydrogen (secondary N) is 1. The van der Waals surface area contributed by atoms with E-state index in [1.165, 1.54) is 51.2 Å². The van der Waals surface area contributed by atoms with Crippen LogP contribution in [0.4, 0.5) is 5.13 Å². The first-order chi connectivity index (χ1) is 13.9. The molecular formula is C18H16ClN3O4S3. The highest BCUT2D eigenvalue weighted by Gasteiger charge is 2.26. The van der Waals surface area contributed by atoms with Gasteiger partial charge in [-0.05, 0) is 36.4 Å². The lowest BCUT2D eigenvalue weighted by molar-refractivity contribution is 0.0730. The molecule has 1 fully saturated rings. The van der Waals surface area contributed by atoms with E-state index in [4.69, 9.17) is 16.3 Å². The molecule has 2 aromatic heterocycles. The third kappa shape index (κ3) is 4.52. The molecule has 1 amide bonds. The van der Waals surface area contributed by atoms with Crippen molar-refractivity contribution in [3.8, 4) is 10.6 Å². The molecule has 3 aromatic rings. The number of carbonyl (C=O) groups is 1. The van der Waals surface area contributed by atoms with Crippen LogP contribution in [0.5, 0.6) is 0 Å². The van der Waals surface area contributed by atoms with Crippen LogP contribution in [0.25, 0.3) is 10.6 Å². The largest absolute Gasteiger partial charge is 0.379 e. The maximum absolute atomic E-state index is 12.7. The monoisotopic (exact) mass is 469 g/mol. The number of morpholine rings is 1. The predicted octanol–water partition coefficient (Wildman–Crippen LogP) is 3.80. The summed E-state index contributed by atoms with van der Waals surface area (Å²) in [4.78, 5) is 18.0. The molecule has 152 valence electrons. The molecule has 3 heterocycles. The van der Waals surface area contributed by atoms with Gasteiger partial charge in [-0.3, -0.25) is 10.1 Å². The summed E-state index contributed by atoms with van der Waals surface area (Å²) in [6.07, 6.45) is 0. The quantitative estimate of drug-likeness (QED) is 0.614. The van der Waals surface area contributed by atoms with Gasteiger partial charge in [0.15, 0.2) is 5.13 Å². The van der Waals surface area contributed by atoms with Crippen LogP contribution < -0.4 is 5.32 Å². The van der Waals surface area contributed by atoms with Gasteiger partial charge in [0.1, 0.15) is 0 Å². The van der Waals surface area contributed by atoms with E-state index in [-0.39, 0.29) is 10.8 Å². The number of rotatable bonds is 5. The molecule has 0 bridgehead atoms. The van der Waals surface area contributed by atoms with E-state index in [9.17, 15) is 13.2 Å². The number of thiophene rings is 1. The minimum absolute atomic E-state index is 0.155. The average Bonchev–Trinajstić information content (AvgIpc) is 3.37. The molecule has 0 atom stereocenters. The number of thiazole rings is 1. The van der Waals surface area contributed by atoms with Crippen LogP contribution >= 0.6 is 34.3 Å². The highest BCUT2D eigenvalue weighted by atomic mass is 35.5. The Morgan fingerprint density at radius 2 is 1.86 bits per heavy atom. The van der Waals surface area contributed by atoms with Gasteiger partial charge in [0.05, 0.1) is 33.0 Å². The summed E-state index contributed by atoms with van der Waals surface area (Å²) in [7, 11) is -3.59.